The lowest BCUT2D eigenvalue weighted by atomic mass is 10.2. The van der Waals surface area contributed by atoms with Crippen molar-refractivity contribution >= 4 is 11.5 Å². The summed E-state index contributed by atoms with van der Waals surface area (Å²) in [4.78, 5) is 0. The summed E-state index contributed by atoms with van der Waals surface area (Å²) in [7, 11) is 1.63. The molecule has 3 aromatic rings. The van der Waals surface area contributed by atoms with E-state index in [0.29, 0.717) is 11.6 Å². The summed E-state index contributed by atoms with van der Waals surface area (Å²) in [5.74, 6) is 2.09. The molecule has 2 aromatic heterocycles. The van der Waals surface area contributed by atoms with Gasteiger partial charge in [0.1, 0.15) is 11.6 Å². The zero-order chi connectivity index (χ0) is 12.5. The van der Waals surface area contributed by atoms with Crippen LogP contribution in [0.5, 0.6) is 5.75 Å². The summed E-state index contributed by atoms with van der Waals surface area (Å²) >= 11 is 0. The quantitative estimate of drug-likeness (QED) is 0.744. The first-order valence-corrected chi connectivity index (χ1v) is 5.53. The summed E-state index contributed by atoms with van der Waals surface area (Å²) < 4.78 is 7.02. The molecule has 0 spiro atoms. The molecule has 5 heteroatoms. The van der Waals surface area contributed by atoms with Crippen LogP contribution in [0.3, 0.4) is 0 Å². The van der Waals surface area contributed by atoms with Gasteiger partial charge >= 0.3 is 0 Å². The standard InChI is InChI=1S/C13H12N4O/c1-18-10-5-2-4-9(8-10)13-16-15-12-7-3-6-11(14)17(12)13/h2-8H,14H2,1H3. The normalized spacial score (nSPS) is 10.7. The number of aromatic nitrogens is 3. The van der Waals surface area contributed by atoms with Crippen LogP contribution in [0, 0.1) is 0 Å². The molecule has 0 saturated carbocycles. The molecule has 0 atom stereocenters. The zero-order valence-corrected chi connectivity index (χ0v) is 9.87. The van der Waals surface area contributed by atoms with Crippen LogP contribution in [-0.2, 0) is 0 Å². The van der Waals surface area contributed by atoms with Crippen LogP contribution in [0.2, 0.25) is 0 Å². The van der Waals surface area contributed by atoms with Crippen molar-refractivity contribution in [1.82, 2.24) is 14.6 Å². The molecule has 18 heavy (non-hydrogen) atoms. The van der Waals surface area contributed by atoms with Crippen molar-refractivity contribution in [3.05, 3.63) is 42.5 Å². The minimum absolute atomic E-state index is 0.607. The molecule has 0 aliphatic rings. The number of fused-ring (bicyclic) bond motifs is 1. The van der Waals surface area contributed by atoms with Gasteiger partial charge < -0.3 is 10.5 Å². The van der Waals surface area contributed by atoms with E-state index < -0.39 is 0 Å². The monoisotopic (exact) mass is 240 g/mol. The Labute approximate surface area is 104 Å². The van der Waals surface area contributed by atoms with Crippen molar-refractivity contribution in [2.45, 2.75) is 0 Å². The van der Waals surface area contributed by atoms with Crippen molar-refractivity contribution in [2.24, 2.45) is 0 Å². The fraction of sp³-hybridized carbons (Fsp3) is 0.0769. The second kappa shape index (κ2) is 4.03. The van der Waals surface area contributed by atoms with E-state index in [1.165, 1.54) is 0 Å². The first-order valence-electron chi connectivity index (χ1n) is 5.53. The van der Waals surface area contributed by atoms with Gasteiger partial charge in [-0.05, 0) is 24.3 Å². The summed E-state index contributed by atoms with van der Waals surface area (Å²) in [6, 6.07) is 13.2. The summed E-state index contributed by atoms with van der Waals surface area (Å²) in [5, 5.41) is 8.28. The van der Waals surface area contributed by atoms with Crippen LogP contribution in [0.25, 0.3) is 17.0 Å². The Morgan fingerprint density at radius 1 is 1.11 bits per heavy atom. The van der Waals surface area contributed by atoms with Gasteiger partial charge in [-0.2, -0.15) is 0 Å². The lowest BCUT2D eigenvalue weighted by Crippen LogP contribution is -1.98. The first-order chi connectivity index (χ1) is 8.79. The van der Waals surface area contributed by atoms with Gasteiger partial charge in [-0.15, -0.1) is 10.2 Å². The molecule has 0 amide bonds. The Balaban J connectivity index is 2.25. The lowest BCUT2D eigenvalue weighted by Gasteiger charge is -2.05. The highest BCUT2D eigenvalue weighted by molar-refractivity contribution is 5.64. The number of rotatable bonds is 2. The van der Waals surface area contributed by atoms with Crippen molar-refractivity contribution in [3.8, 4) is 17.1 Å². The molecule has 2 heterocycles. The van der Waals surface area contributed by atoms with Crippen LogP contribution in [0.1, 0.15) is 0 Å². The highest BCUT2D eigenvalue weighted by atomic mass is 16.5. The van der Waals surface area contributed by atoms with Gasteiger partial charge in [-0.3, -0.25) is 4.40 Å². The van der Waals surface area contributed by atoms with Crippen LogP contribution >= 0.6 is 0 Å². The summed E-state index contributed by atoms with van der Waals surface area (Å²) in [5.41, 5.74) is 7.61. The Morgan fingerprint density at radius 3 is 2.78 bits per heavy atom. The van der Waals surface area contributed by atoms with Gasteiger partial charge in [0, 0.05) is 5.56 Å². The average molecular weight is 240 g/mol. The number of benzene rings is 1. The topological polar surface area (TPSA) is 65.4 Å². The van der Waals surface area contributed by atoms with E-state index in [1.54, 1.807) is 7.11 Å². The third-order valence-electron chi connectivity index (χ3n) is 2.79. The predicted octanol–water partition coefficient (Wildman–Crippen LogP) is 1.99. The number of methoxy groups -OCH3 is 1. The van der Waals surface area contributed by atoms with Gasteiger partial charge in [0.15, 0.2) is 11.5 Å². The number of nitrogens with two attached hydrogens (primary N) is 1. The second-order valence-corrected chi connectivity index (χ2v) is 3.90. The first kappa shape index (κ1) is 10.6. The molecule has 0 radical (unpaired) electrons. The second-order valence-electron chi connectivity index (χ2n) is 3.90. The number of nitrogen functional groups attached to an aromatic ring is 1. The van der Waals surface area contributed by atoms with Crippen LogP contribution < -0.4 is 10.5 Å². The highest BCUT2D eigenvalue weighted by Crippen LogP contribution is 2.24. The van der Waals surface area contributed by atoms with Crippen LogP contribution in [-0.4, -0.2) is 21.7 Å². The molecule has 90 valence electrons. The summed E-state index contributed by atoms with van der Waals surface area (Å²) in [6.07, 6.45) is 0. The number of anilines is 1. The van der Waals surface area contributed by atoms with E-state index in [0.717, 1.165) is 17.0 Å². The number of hydrogen-bond donors (Lipinski definition) is 1. The molecule has 5 nitrogen and oxygen atoms in total. The maximum Gasteiger partial charge on any atom is 0.170 e. The van der Waals surface area contributed by atoms with Gasteiger partial charge in [0.25, 0.3) is 0 Å². The van der Waals surface area contributed by atoms with E-state index in [9.17, 15) is 0 Å². The number of nitrogens with zero attached hydrogens (tertiary/aromatic N) is 3. The third-order valence-corrected chi connectivity index (χ3v) is 2.79. The molecule has 0 aliphatic heterocycles. The number of hydrogen-bond acceptors (Lipinski definition) is 4. The fourth-order valence-electron chi connectivity index (χ4n) is 1.92. The van der Waals surface area contributed by atoms with E-state index in [-0.39, 0.29) is 0 Å². The molecular weight excluding hydrogens is 228 g/mol. The van der Waals surface area contributed by atoms with E-state index >= 15 is 0 Å². The van der Waals surface area contributed by atoms with Crippen molar-refractivity contribution in [1.29, 1.82) is 0 Å². The summed E-state index contributed by atoms with van der Waals surface area (Å²) in [6.45, 7) is 0. The van der Waals surface area contributed by atoms with Crippen molar-refractivity contribution in [2.75, 3.05) is 12.8 Å². The molecule has 0 bridgehead atoms. The molecule has 3 rings (SSSR count). The molecule has 0 saturated heterocycles. The van der Waals surface area contributed by atoms with Crippen molar-refractivity contribution < 1.29 is 4.74 Å². The minimum Gasteiger partial charge on any atom is -0.497 e. The maximum absolute atomic E-state index is 5.96. The largest absolute Gasteiger partial charge is 0.497 e. The van der Waals surface area contributed by atoms with E-state index in [4.69, 9.17) is 10.5 Å². The molecule has 0 aliphatic carbocycles. The van der Waals surface area contributed by atoms with E-state index in [1.807, 2.05) is 46.9 Å². The van der Waals surface area contributed by atoms with Crippen LogP contribution in [0.4, 0.5) is 5.82 Å². The Kier molecular flexibility index (Phi) is 2.37. The van der Waals surface area contributed by atoms with Gasteiger partial charge in [-0.1, -0.05) is 18.2 Å². The van der Waals surface area contributed by atoms with E-state index in [2.05, 4.69) is 10.2 Å². The zero-order valence-electron chi connectivity index (χ0n) is 9.87. The predicted molar refractivity (Wildman–Crippen MR) is 69.4 cm³/mol. The minimum atomic E-state index is 0.607. The molecular formula is C13H12N4O. The average Bonchev–Trinajstić information content (AvgIpc) is 2.84. The maximum atomic E-state index is 5.96. The molecule has 2 N–H and O–H groups in total. The van der Waals surface area contributed by atoms with Crippen molar-refractivity contribution in [3.63, 3.8) is 0 Å². The Morgan fingerprint density at radius 2 is 1.94 bits per heavy atom. The van der Waals surface area contributed by atoms with Gasteiger partial charge in [-0.25, -0.2) is 0 Å². The fourth-order valence-corrected chi connectivity index (χ4v) is 1.92. The molecule has 1 aromatic carbocycles. The number of ether oxygens (including phenoxy) is 1. The molecule has 0 fully saturated rings. The smallest absolute Gasteiger partial charge is 0.170 e. The van der Waals surface area contributed by atoms with Gasteiger partial charge in [0.05, 0.1) is 7.11 Å². The third kappa shape index (κ3) is 1.57. The highest BCUT2D eigenvalue weighted by Gasteiger charge is 2.10. The molecule has 0 unspecified atom stereocenters. The lowest BCUT2D eigenvalue weighted by molar-refractivity contribution is 0.415. The Bertz CT molecular complexity index is 705. The van der Waals surface area contributed by atoms with Crippen LogP contribution in [0.15, 0.2) is 42.5 Å². The Hall–Kier alpha value is -2.56. The van der Waals surface area contributed by atoms with Gasteiger partial charge in [0.2, 0.25) is 0 Å². The SMILES string of the molecule is COc1cccc(-c2nnc3cccc(N)n23)c1. The number of pyridine rings is 1.